The van der Waals surface area contributed by atoms with E-state index in [-0.39, 0.29) is 5.92 Å². The van der Waals surface area contributed by atoms with Crippen LogP contribution in [0.25, 0.3) is 0 Å². The van der Waals surface area contributed by atoms with Gasteiger partial charge in [-0.25, -0.2) is 4.79 Å². The number of allylic oxidation sites excluding steroid dienone is 2. The minimum absolute atomic E-state index is 0.200. The van der Waals surface area contributed by atoms with Crippen molar-refractivity contribution in [2.24, 2.45) is 5.92 Å². The highest BCUT2D eigenvalue weighted by Crippen LogP contribution is 2.20. The van der Waals surface area contributed by atoms with Crippen LogP contribution in [0.5, 0.6) is 0 Å². The van der Waals surface area contributed by atoms with Crippen LogP contribution in [0.1, 0.15) is 47.0 Å². The smallest absolute Gasteiger partial charge is 0.321 e. The maximum absolute atomic E-state index is 11.9. The summed E-state index contributed by atoms with van der Waals surface area (Å²) in [6.07, 6.45) is 5.18. The van der Waals surface area contributed by atoms with Gasteiger partial charge in [0.25, 0.3) is 5.91 Å². The van der Waals surface area contributed by atoms with Gasteiger partial charge in [0.05, 0.1) is 5.92 Å². The Balaban J connectivity index is 2.42. The molecule has 0 spiro atoms. The van der Waals surface area contributed by atoms with E-state index in [0.717, 1.165) is 12.8 Å². The number of esters is 1. The van der Waals surface area contributed by atoms with Gasteiger partial charge in [0.2, 0.25) is 0 Å². The van der Waals surface area contributed by atoms with Crippen LogP contribution in [-0.2, 0) is 14.3 Å². The standard InChI is InChI=1S/C15H24N2O4/c1-10(12(18)16-14(20)17-15(2,3)4)21-13(19)11-8-6-5-7-9-11/h5-6,10-11H,7-9H2,1-4H3,(H2,16,17,18,20)/t10-,11-/m1/s1. The van der Waals surface area contributed by atoms with Crippen molar-refractivity contribution >= 4 is 17.9 Å². The highest BCUT2D eigenvalue weighted by Gasteiger charge is 2.26. The van der Waals surface area contributed by atoms with Crippen molar-refractivity contribution in [2.75, 3.05) is 0 Å². The summed E-state index contributed by atoms with van der Waals surface area (Å²) < 4.78 is 5.12. The van der Waals surface area contributed by atoms with Crippen LogP contribution < -0.4 is 10.6 Å². The van der Waals surface area contributed by atoms with Crippen molar-refractivity contribution in [3.05, 3.63) is 12.2 Å². The highest BCUT2D eigenvalue weighted by molar-refractivity contribution is 5.97. The number of carbonyl (C=O) groups excluding carboxylic acids is 3. The topological polar surface area (TPSA) is 84.5 Å². The maximum atomic E-state index is 11.9. The molecular weight excluding hydrogens is 272 g/mol. The van der Waals surface area contributed by atoms with E-state index in [1.165, 1.54) is 6.92 Å². The van der Waals surface area contributed by atoms with Gasteiger partial charge in [0.1, 0.15) is 0 Å². The summed E-state index contributed by atoms with van der Waals surface area (Å²) in [6, 6.07) is -0.601. The molecule has 1 aliphatic rings. The van der Waals surface area contributed by atoms with Crippen molar-refractivity contribution < 1.29 is 19.1 Å². The number of rotatable bonds is 3. The lowest BCUT2D eigenvalue weighted by molar-refractivity contribution is -0.158. The first-order valence-electron chi connectivity index (χ1n) is 7.17. The molecule has 1 rings (SSSR count). The molecule has 3 amide bonds. The third-order valence-corrected chi connectivity index (χ3v) is 2.99. The average molecular weight is 296 g/mol. The van der Waals surface area contributed by atoms with E-state index in [4.69, 9.17) is 4.74 Å². The summed E-state index contributed by atoms with van der Waals surface area (Å²) in [7, 11) is 0. The van der Waals surface area contributed by atoms with Crippen molar-refractivity contribution in [1.82, 2.24) is 10.6 Å². The number of hydrogen-bond acceptors (Lipinski definition) is 4. The van der Waals surface area contributed by atoms with Crippen LogP contribution in [0.15, 0.2) is 12.2 Å². The quantitative estimate of drug-likeness (QED) is 0.615. The van der Waals surface area contributed by atoms with Crippen molar-refractivity contribution in [3.8, 4) is 0 Å². The van der Waals surface area contributed by atoms with Gasteiger partial charge in [-0.2, -0.15) is 0 Å². The fraction of sp³-hybridized carbons (Fsp3) is 0.667. The van der Waals surface area contributed by atoms with Gasteiger partial charge >= 0.3 is 12.0 Å². The van der Waals surface area contributed by atoms with Crippen molar-refractivity contribution in [2.45, 2.75) is 58.6 Å². The van der Waals surface area contributed by atoms with E-state index in [1.54, 1.807) is 20.8 Å². The van der Waals surface area contributed by atoms with Gasteiger partial charge in [-0.05, 0) is 47.0 Å². The first kappa shape index (κ1) is 17.2. The van der Waals surface area contributed by atoms with Crippen LogP contribution in [0.2, 0.25) is 0 Å². The number of imide groups is 1. The molecule has 0 unspecified atom stereocenters. The molecule has 0 fully saturated rings. The second-order valence-corrected chi connectivity index (χ2v) is 6.25. The molecule has 0 saturated heterocycles. The van der Waals surface area contributed by atoms with E-state index in [2.05, 4.69) is 10.6 Å². The Hall–Kier alpha value is -1.85. The fourth-order valence-corrected chi connectivity index (χ4v) is 1.92. The van der Waals surface area contributed by atoms with Crippen LogP contribution in [0, 0.1) is 5.92 Å². The largest absolute Gasteiger partial charge is 0.452 e. The number of nitrogens with one attached hydrogen (secondary N) is 2. The van der Waals surface area contributed by atoms with Crippen molar-refractivity contribution in [3.63, 3.8) is 0 Å². The molecule has 0 radical (unpaired) electrons. The molecule has 0 saturated carbocycles. The molecule has 0 aliphatic heterocycles. The summed E-state index contributed by atoms with van der Waals surface area (Å²) >= 11 is 0. The molecule has 6 nitrogen and oxygen atoms in total. The molecule has 0 aromatic heterocycles. The van der Waals surface area contributed by atoms with Gasteiger partial charge in [-0.15, -0.1) is 0 Å². The van der Waals surface area contributed by atoms with Crippen LogP contribution in [-0.4, -0.2) is 29.6 Å². The number of hydrogen-bond donors (Lipinski definition) is 2. The predicted molar refractivity (Wildman–Crippen MR) is 78.5 cm³/mol. The van der Waals surface area contributed by atoms with Crippen LogP contribution in [0.4, 0.5) is 4.79 Å². The minimum atomic E-state index is -0.992. The second kappa shape index (κ2) is 7.24. The zero-order valence-corrected chi connectivity index (χ0v) is 13.1. The zero-order chi connectivity index (χ0) is 16.0. The Morgan fingerprint density at radius 1 is 1.24 bits per heavy atom. The van der Waals surface area contributed by atoms with E-state index >= 15 is 0 Å². The lowest BCUT2D eigenvalue weighted by atomic mass is 9.95. The van der Waals surface area contributed by atoms with Crippen molar-refractivity contribution in [1.29, 1.82) is 0 Å². The normalized spacial score (nSPS) is 19.5. The van der Waals surface area contributed by atoms with E-state index in [1.807, 2.05) is 12.2 Å². The predicted octanol–water partition coefficient (Wildman–Crippen LogP) is 1.90. The molecular formula is C15H24N2O4. The monoisotopic (exact) mass is 296 g/mol. The first-order chi connectivity index (χ1) is 9.69. The van der Waals surface area contributed by atoms with Gasteiger partial charge in [-0.3, -0.25) is 14.9 Å². The van der Waals surface area contributed by atoms with Gasteiger partial charge < -0.3 is 10.1 Å². The van der Waals surface area contributed by atoms with Gasteiger partial charge in [0, 0.05) is 5.54 Å². The SMILES string of the molecule is C[C@@H](OC(=O)[C@@H]1CC=CCC1)C(=O)NC(=O)NC(C)(C)C. The lowest BCUT2D eigenvalue weighted by Crippen LogP contribution is -2.50. The molecule has 0 aromatic rings. The van der Waals surface area contributed by atoms with E-state index in [9.17, 15) is 14.4 Å². The molecule has 0 aromatic carbocycles. The Morgan fingerprint density at radius 2 is 1.90 bits per heavy atom. The number of ether oxygens (including phenoxy) is 1. The fourth-order valence-electron chi connectivity index (χ4n) is 1.92. The summed E-state index contributed by atoms with van der Waals surface area (Å²) in [5.41, 5.74) is -0.446. The molecule has 0 bridgehead atoms. The summed E-state index contributed by atoms with van der Waals surface area (Å²) in [5, 5.41) is 4.77. The highest BCUT2D eigenvalue weighted by atomic mass is 16.5. The van der Waals surface area contributed by atoms with Crippen LogP contribution in [0.3, 0.4) is 0 Å². The Labute approximate surface area is 125 Å². The average Bonchev–Trinajstić information content (AvgIpc) is 2.37. The molecule has 21 heavy (non-hydrogen) atoms. The molecule has 118 valence electrons. The third kappa shape index (κ3) is 6.42. The van der Waals surface area contributed by atoms with E-state index < -0.39 is 29.6 Å². The van der Waals surface area contributed by atoms with Gasteiger partial charge in [0.15, 0.2) is 6.10 Å². The number of amides is 3. The third-order valence-electron chi connectivity index (χ3n) is 2.99. The lowest BCUT2D eigenvalue weighted by Gasteiger charge is -2.22. The Morgan fingerprint density at radius 3 is 2.43 bits per heavy atom. The van der Waals surface area contributed by atoms with E-state index in [0.29, 0.717) is 6.42 Å². The maximum Gasteiger partial charge on any atom is 0.321 e. The second-order valence-electron chi connectivity index (χ2n) is 6.25. The summed E-state index contributed by atoms with van der Waals surface area (Å²) in [5.74, 6) is -1.22. The number of carbonyl (C=O) groups is 3. The molecule has 2 atom stereocenters. The molecule has 6 heteroatoms. The Bertz CT molecular complexity index is 437. The number of urea groups is 1. The van der Waals surface area contributed by atoms with Crippen LogP contribution >= 0.6 is 0 Å². The Kier molecular flexibility index (Phi) is 5.93. The first-order valence-corrected chi connectivity index (χ1v) is 7.17. The summed E-state index contributed by atoms with van der Waals surface area (Å²) in [6.45, 7) is 6.86. The molecule has 1 aliphatic carbocycles. The van der Waals surface area contributed by atoms with Gasteiger partial charge in [-0.1, -0.05) is 12.2 Å². The molecule has 0 heterocycles. The minimum Gasteiger partial charge on any atom is -0.452 e. The zero-order valence-electron chi connectivity index (χ0n) is 13.1. The molecule has 2 N–H and O–H groups in total. The summed E-state index contributed by atoms with van der Waals surface area (Å²) in [4.78, 5) is 35.3.